The van der Waals surface area contributed by atoms with Crippen LogP contribution in [0.1, 0.15) is 28.8 Å². The van der Waals surface area contributed by atoms with Crippen LogP contribution in [0.3, 0.4) is 0 Å². The molecule has 0 aliphatic rings. The lowest BCUT2D eigenvalue weighted by Gasteiger charge is -2.19. The zero-order valence-corrected chi connectivity index (χ0v) is 13.0. The first-order chi connectivity index (χ1) is 10.7. The molecule has 0 aliphatic heterocycles. The molecule has 1 heterocycles. The summed E-state index contributed by atoms with van der Waals surface area (Å²) >= 11 is 6.14. The van der Waals surface area contributed by atoms with Gasteiger partial charge in [0.05, 0.1) is 18.8 Å². The summed E-state index contributed by atoms with van der Waals surface area (Å²) in [4.78, 5) is 4.24. The molecular formula is C18H17ClN2O. The highest BCUT2D eigenvalue weighted by Gasteiger charge is 2.15. The topological polar surface area (TPSA) is 38.1 Å². The summed E-state index contributed by atoms with van der Waals surface area (Å²) in [6.07, 6.45) is 1.73. The number of rotatable bonds is 5. The van der Waals surface area contributed by atoms with Crippen LogP contribution in [0.2, 0.25) is 5.02 Å². The number of hydrogen-bond acceptors (Lipinski definition) is 3. The summed E-state index contributed by atoms with van der Waals surface area (Å²) in [7, 11) is 0. The lowest BCUT2D eigenvalue weighted by atomic mass is 9.99. The van der Waals surface area contributed by atoms with Crippen LogP contribution in [-0.4, -0.2) is 4.98 Å². The molecule has 1 aromatic heterocycles. The highest BCUT2D eigenvalue weighted by atomic mass is 35.5. The van der Waals surface area contributed by atoms with Gasteiger partial charge in [0.25, 0.3) is 0 Å². The zero-order chi connectivity index (χ0) is 15.4. The van der Waals surface area contributed by atoms with E-state index in [0.29, 0.717) is 12.4 Å². The van der Waals surface area contributed by atoms with Crippen LogP contribution in [0.4, 0.5) is 0 Å². The molecule has 0 spiro atoms. The van der Waals surface area contributed by atoms with Crippen LogP contribution in [0, 0.1) is 6.92 Å². The van der Waals surface area contributed by atoms with Gasteiger partial charge in [-0.25, -0.2) is 4.98 Å². The first-order valence-corrected chi connectivity index (χ1v) is 7.55. The van der Waals surface area contributed by atoms with E-state index in [4.69, 9.17) is 16.0 Å². The molecule has 3 nitrogen and oxygen atoms in total. The molecule has 0 fully saturated rings. The third-order valence-corrected chi connectivity index (χ3v) is 3.68. The van der Waals surface area contributed by atoms with Crippen molar-refractivity contribution in [1.82, 2.24) is 10.3 Å². The van der Waals surface area contributed by atoms with Gasteiger partial charge in [0.1, 0.15) is 5.76 Å². The molecule has 22 heavy (non-hydrogen) atoms. The molecule has 0 bridgehead atoms. The Balaban J connectivity index is 1.86. The third kappa shape index (κ3) is 3.56. The molecule has 0 amide bonds. The Bertz CT molecular complexity index is 740. The van der Waals surface area contributed by atoms with E-state index in [1.807, 2.05) is 43.3 Å². The van der Waals surface area contributed by atoms with Gasteiger partial charge >= 0.3 is 0 Å². The van der Waals surface area contributed by atoms with Crippen molar-refractivity contribution in [2.45, 2.75) is 19.5 Å². The molecule has 3 aromatic rings. The highest BCUT2D eigenvalue weighted by Crippen LogP contribution is 2.24. The van der Waals surface area contributed by atoms with Crippen LogP contribution in [-0.2, 0) is 6.54 Å². The summed E-state index contributed by atoms with van der Waals surface area (Å²) in [5.41, 5.74) is 2.29. The Morgan fingerprint density at radius 2 is 1.86 bits per heavy atom. The van der Waals surface area contributed by atoms with Crippen molar-refractivity contribution in [3.8, 4) is 0 Å². The van der Waals surface area contributed by atoms with E-state index in [-0.39, 0.29) is 6.04 Å². The molecule has 0 aliphatic carbocycles. The smallest absolute Gasteiger partial charge is 0.208 e. The van der Waals surface area contributed by atoms with Gasteiger partial charge in [-0.2, -0.15) is 0 Å². The maximum absolute atomic E-state index is 6.14. The molecular weight excluding hydrogens is 296 g/mol. The Morgan fingerprint density at radius 1 is 1.09 bits per heavy atom. The average Bonchev–Trinajstić information content (AvgIpc) is 2.94. The van der Waals surface area contributed by atoms with Gasteiger partial charge < -0.3 is 4.42 Å². The van der Waals surface area contributed by atoms with Gasteiger partial charge in [-0.05, 0) is 30.2 Å². The number of aryl methyl sites for hydroxylation is 1. The molecule has 0 saturated heterocycles. The van der Waals surface area contributed by atoms with E-state index >= 15 is 0 Å². The number of oxazole rings is 1. The number of nitrogens with one attached hydrogen (secondary N) is 1. The number of halogens is 1. The van der Waals surface area contributed by atoms with Gasteiger partial charge in [0.15, 0.2) is 0 Å². The van der Waals surface area contributed by atoms with Crippen molar-refractivity contribution >= 4 is 11.6 Å². The second kappa shape index (κ2) is 6.77. The van der Waals surface area contributed by atoms with Crippen molar-refractivity contribution in [3.05, 3.63) is 88.6 Å². The predicted octanol–water partition coefficient (Wildman–Crippen LogP) is 4.52. The van der Waals surface area contributed by atoms with Crippen LogP contribution >= 0.6 is 11.6 Å². The van der Waals surface area contributed by atoms with Crippen molar-refractivity contribution in [2.75, 3.05) is 0 Å². The van der Waals surface area contributed by atoms with Crippen LogP contribution in [0.15, 0.2) is 65.2 Å². The normalized spacial score (nSPS) is 12.3. The minimum Gasteiger partial charge on any atom is -0.445 e. The van der Waals surface area contributed by atoms with Crippen molar-refractivity contribution in [3.63, 3.8) is 0 Å². The fraction of sp³-hybridized carbons (Fsp3) is 0.167. The van der Waals surface area contributed by atoms with Crippen molar-refractivity contribution in [1.29, 1.82) is 0 Å². The van der Waals surface area contributed by atoms with Crippen LogP contribution in [0.5, 0.6) is 0 Å². The van der Waals surface area contributed by atoms with Crippen LogP contribution in [0.25, 0.3) is 0 Å². The SMILES string of the molecule is Cc1cnc(CNC(c2ccccc2)c2cccc(Cl)c2)o1. The van der Waals surface area contributed by atoms with E-state index in [1.54, 1.807) is 6.20 Å². The maximum atomic E-state index is 6.14. The average molecular weight is 313 g/mol. The first-order valence-electron chi connectivity index (χ1n) is 7.17. The Hall–Kier alpha value is -2.10. The second-order valence-electron chi connectivity index (χ2n) is 5.14. The van der Waals surface area contributed by atoms with Crippen molar-refractivity contribution < 1.29 is 4.42 Å². The van der Waals surface area contributed by atoms with Gasteiger partial charge in [-0.3, -0.25) is 5.32 Å². The van der Waals surface area contributed by atoms with E-state index in [1.165, 1.54) is 5.56 Å². The van der Waals surface area contributed by atoms with Crippen molar-refractivity contribution in [2.24, 2.45) is 0 Å². The van der Waals surface area contributed by atoms with Gasteiger partial charge in [-0.1, -0.05) is 54.1 Å². The second-order valence-corrected chi connectivity index (χ2v) is 5.58. The molecule has 112 valence electrons. The Kier molecular flexibility index (Phi) is 4.56. The molecule has 0 saturated carbocycles. The fourth-order valence-corrected chi connectivity index (χ4v) is 2.63. The molecule has 2 aromatic carbocycles. The number of hydrogen-bond donors (Lipinski definition) is 1. The summed E-state index contributed by atoms with van der Waals surface area (Å²) < 4.78 is 5.53. The molecule has 0 radical (unpaired) electrons. The molecule has 4 heteroatoms. The quantitative estimate of drug-likeness (QED) is 0.753. The van der Waals surface area contributed by atoms with Gasteiger partial charge in [-0.15, -0.1) is 0 Å². The first kappa shape index (κ1) is 14.8. The standard InChI is InChI=1S/C18H17ClN2O/c1-13-11-20-17(22-13)12-21-18(14-6-3-2-4-7-14)15-8-5-9-16(19)10-15/h2-11,18,21H,12H2,1H3. The zero-order valence-electron chi connectivity index (χ0n) is 12.3. The predicted molar refractivity (Wildman–Crippen MR) is 87.8 cm³/mol. The summed E-state index contributed by atoms with van der Waals surface area (Å²) in [6, 6.07) is 18.2. The number of nitrogens with zero attached hydrogens (tertiary/aromatic N) is 1. The van der Waals surface area contributed by atoms with E-state index in [0.717, 1.165) is 16.3 Å². The molecule has 1 atom stereocenters. The van der Waals surface area contributed by atoms with Crippen LogP contribution < -0.4 is 5.32 Å². The largest absolute Gasteiger partial charge is 0.445 e. The number of benzene rings is 2. The molecule has 3 rings (SSSR count). The van der Waals surface area contributed by atoms with Gasteiger partial charge in [0, 0.05) is 5.02 Å². The minimum atomic E-state index is 0.0344. The lowest BCUT2D eigenvalue weighted by molar-refractivity contribution is 0.438. The van der Waals surface area contributed by atoms with Gasteiger partial charge in [0.2, 0.25) is 5.89 Å². The summed E-state index contributed by atoms with van der Waals surface area (Å²) in [5.74, 6) is 1.50. The minimum absolute atomic E-state index is 0.0344. The third-order valence-electron chi connectivity index (χ3n) is 3.44. The van der Waals surface area contributed by atoms with E-state index < -0.39 is 0 Å². The fourth-order valence-electron chi connectivity index (χ4n) is 2.43. The maximum Gasteiger partial charge on any atom is 0.208 e. The Morgan fingerprint density at radius 3 is 2.55 bits per heavy atom. The summed E-state index contributed by atoms with van der Waals surface area (Å²) in [6.45, 7) is 2.45. The molecule has 1 unspecified atom stereocenters. The monoisotopic (exact) mass is 312 g/mol. The van der Waals surface area contributed by atoms with E-state index in [9.17, 15) is 0 Å². The molecule has 1 N–H and O–H groups in total. The number of aromatic nitrogens is 1. The van der Waals surface area contributed by atoms with E-state index in [2.05, 4.69) is 28.5 Å². The highest BCUT2D eigenvalue weighted by molar-refractivity contribution is 6.30. The Labute approximate surface area is 135 Å². The summed E-state index contributed by atoms with van der Waals surface area (Å²) in [5, 5.41) is 4.22. The lowest BCUT2D eigenvalue weighted by Crippen LogP contribution is -2.22.